The molecule has 2 rings (SSSR count). The Balaban J connectivity index is 2.27. The number of nitrogens with two attached hydrogens (primary N) is 1. The number of rotatable bonds is 5. The van der Waals surface area contributed by atoms with E-state index in [2.05, 4.69) is 5.32 Å². The molecule has 1 atom stereocenters. The maximum Gasteiger partial charge on any atom is 0.238 e. The van der Waals surface area contributed by atoms with Crippen molar-refractivity contribution < 1.29 is 13.2 Å². The molecule has 0 spiro atoms. The van der Waals surface area contributed by atoms with Gasteiger partial charge in [0.1, 0.15) is 6.04 Å². The summed E-state index contributed by atoms with van der Waals surface area (Å²) in [7, 11) is -3.55. The van der Waals surface area contributed by atoms with Crippen LogP contribution in [0.1, 0.15) is 24.5 Å². The third kappa shape index (κ3) is 3.42. The minimum Gasteiger partial charge on any atom is -0.353 e. The molecule has 1 aromatic carbocycles. The van der Waals surface area contributed by atoms with E-state index in [1.165, 1.54) is 4.31 Å². The number of hydrogen-bond donors (Lipinski definition) is 2. The zero-order valence-corrected chi connectivity index (χ0v) is 12.9. The molecule has 116 valence electrons. The van der Waals surface area contributed by atoms with Crippen LogP contribution in [0.2, 0.25) is 0 Å². The molecule has 21 heavy (non-hydrogen) atoms. The summed E-state index contributed by atoms with van der Waals surface area (Å²) in [6.07, 6.45) is 0.462. The normalized spacial score (nSPS) is 20.3. The Morgan fingerprint density at radius 2 is 2.00 bits per heavy atom. The monoisotopic (exact) mass is 311 g/mol. The average Bonchev–Trinajstić information content (AvgIpc) is 2.47. The number of carbonyl (C=O) groups excluding carboxylic acids is 1. The molecular formula is C14H21N3O3S. The van der Waals surface area contributed by atoms with E-state index in [0.29, 0.717) is 31.6 Å². The van der Waals surface area contributed by atoms with Gasteiger partial charge in [0, 0.05) is 19.6 Å². The van der Waals surface area contributed by atoms with Crippen molar-refractivity contribution in [1.82, 2.24) is 9.62 Å². The number of hydrogen-bond acceptors (Lipinski definition) is 4. The number of amides is 1. The second-order valence-corrected chi connectivity index (χ2v) is 6.98. The van der Waals surface area contributed by atoms with Crippen LogP contribution in [0.15, 0.2) is 24.3 Å². The smallest absolute Gasteiger partial charge is 0.238 e. The van der Waals surface area contributed by atoms with Crippen molar-refractivity contribution in [3.63, 3.8) is 0 Å². The molecule has 1 aliphatic heterocycles. The molecule has 6 nitrogen and oxygen atoms in total. The van der Waals surface area contributed by atoms with Gasteiger partial charge in [0.25, 0.3) is 0 Å². The summed E-state index contributed by atoms with van der Waals surface area (Å²) in [5.74, 6) is -0.344. The first-order valence-electron chi connectivity index (χ1n) is 7.03. The van der Waals surface area contributed by atoms with Crippen molar-refractivity contribution in [1.29, 1.82) is 0 Å². The van der Waals surface area contributed by atoms with E-state index in [4.69, 9.17) is 5.73 Å². The average molecular weight is 311 g/mol. The number of sulfonamides is 1. The van der Waals surface area contributed by atoms with Gasteiger partial charge in [-0.2, -0.15) is 4.31 Å². The zero-order valence-electron chi connectivity index (χ0n) is 12.1. The van der Waals surface area contributed by atoms with Crippen LogP contribution in [-0.4, -0.2) is 37.8 Å². The number of benzene rings is 1. The molecule has 7 heteroatoms. The molecular weight excluding hydrogens is 290 g/mol. The van der Waals surface area contributed by atoms with Crippen LogP contribution < -0.4 is 11.1 Å². The summed E-state index contributed by atoms with van der Waals surface area (Å²) >= 11 is 0. The maximum absolute atomic E-state index is 12.6. The maximum atomic E-state index is 12.6. The lowest BCUT2D eigenvalue weighted by atomic mass is 10.1. The molecule has 1 saturated heterocycles. The molecule has 1 heterocycles. The SMILES string of the molecule is CCC1C(=O)NCCN1S(=O)(=O)Cc1ccccc1CN. The van der Waals surface area contributed by atoms with Gasteiger partial charge in [0.2, 0.25) is 15.9 Å². The fraction of sp³-hybridized carbons (Fsp3) is 0.500. The fourth-order valence-corrected chi connectivity index (χ4v) is 4.44. The predicted octanol–water partition coefficient (Wildman–Crippen LogP) is 0.186. The molecule has 0 saturated carbocycles. The summed E-state index contributed by atoms with van der Waals surface area (Å²) in [5, 5.41) is 2.71. The fourth-order valence-electron chi connectivity index (χ4n) is 2.59. The summed E-state index contributed by atoms with van der Waals surface area (Å²) in [5.41, 5.74) is 7.16. The second kappa shape index (κ2) is 6.55. The summed E-state index contributed by atoms with van der Waals surface area (Å²) in [4.78, 5) is 11.8. The number of nitrogens with one attached hydrogen (secondary N) is 1. The number of piperazine rings is 1. The van der Waals surface area contributed by atoms with Gasteiger partial charge in [-0.25, -0.2) is 8.42 Å². The van der Waals surface area contributed by atoms with Crippen LogP contribution >= 0.6 is 0 Å². The van der Waals surface area contributed by atoms with Crippen molar-refractivity contribution >= 4 is 15.9 Å². The zero-order chi connectivity index (χ0) is 15.5. The van der Waals surface area contributed by atoms with Gasteiger partial charge in [-0.05, 0) is 17.5 Å². The van der Waals surface area contributed by atoms with Gasteiger partial charge < -0.3 is 11.1 Å². The van der Waals surface area contributed by atoms with Gasteiger partial charge in [0.15, 0.2) is 0 Å². The van der Waals surface area contributed by atoms with Gasteiger partial charge in [-0.1, -0.05) is 31.2 Å². The highest BCUT2D eigenvalue weighted by atomic mass is 32.2. The number of nitrogens with zero attached hydrogens (tertiary/aromatic N) is 1. The van der Waals surface area contributed by atoms with E-state index in [1.54, 1.807) is 12.1 Å². The standard InChI is InChI=1S/C14H21N3O3S/c1-2-13-14(18)16-7-8-17(13)21(19,20)10-12-6-4-3-5-11(12)9-15/h3-6,13H,2,7-10,15H2,1H3,(H,16,18). The largest absolute Gasteiger partial charge is 0.353 e. The first kappa shape index (κ1) is 15.9. The first-order chi connectivity index (χ1) is 9.99. The van der Waals surface area contributed by atoms with E-state index >= 15 is 0 Å². The van der Waals surface area contributed by atoms with Gasteiger partial charge >= 0.3 is 0 Å². The van der Waals surface area contributed by atoms with E-state index in [9.17, 15) is 13.2 Å². The molecule has 0 aliphatic carbocycles. The third-order valence-electron chi connectivity index (χ3n) is 3.70. The van der Waals surface area contributed by atoms with Gasteiger partial charge in [-0.3, -0.25) is 4.79 Å². The highest BCUT2D eigenvalue weighted by Gasteiger charge is 2.36. The van der Waals surface area contributed by atoms with Crippen LogP contribution in [0.3, 0.4) is 0 Å². The van der Waals surface area contributed by atoms with Crippen LogP contribution in [0.25, 0.3) is 0 Å². The molecule has 0 bridgehead atoms. The Hall–Kier alpha value is -1.44. The quantitative estimate of drug-likeness (QED) is 0.811. The molecule has 3 N–H and O–H groups in total. The summed E-state index contributed by atoms with van der Waals surface area (Å²) in [6.45, 7) is 2.78. The van der Waals surface area contributed by atoms with Crippen LogP contribution in [0, 0.1) is 0 Å². The minimum absolute atomic E-state index is 0.121. The van der Waals surface area contributed by atoms with E-state index in [1.807, 2.05) is 19.1 Å². The van der Waals surface area contributed by atoms with Crippen molar-refractivity contribution in [2.45, 2.75) is 31.7 Å². The van der Waals surface area contributed by atoms with Crippen LogP contribution in [0.4, 0.5) is 0 Å². The van der Waals surface area contributed by atoms with Gasteiger partial charge in [-0.15, -0.1) is 0 Å². The molecule has 1 fully saturated rings. The number of carbonyl (C=O) groups is 1. The predicted molar refractivity (Wildman–Crippen MR) is 80.8 cm³/mol. The molecule has 0 radical (unpaired) electrons. The third-order valence-corrected chi connectivity index (χ3v) is 5.53. The minimum atomic E-state index is -3.55. The lowest BCUT2D eigenvalue weighted by molar-refractivity contribution is -0.126. The Labute approximate surface area is 125 Å². The first-order valence-corrected chi connectivity index (χ1v) is 8.64. The highest BCUT2D eigenvalue weighted by Crippen LogP contribution is 2.19. The van der Waals surface area contributed by atoms with Crippen LogP contribution in [-0.2, 0) is 27.1 Å². The van der Waals surface area contributed by atoms with Crippen molar-refractivity contribution in [3.05, 3.63) is 35.4 Å². The molecule has 0 aromatic heterocycles. The Kier molecular flexibility index (Phi) is 4.97. The Morgan fingerprint density at radius 3 is 2.62 bits per heavy atom. The van der Waals surface area contributed by atoms with Crippen molar-refractivity contribution in [3.8, 4) is 0 Å². The molecule has 1 aliphatic rings. The highest BCUT2D eigenvalue weighted by molar-refractivity contribution is 7.88. The van der Waals surface area contributed by atoms with E-state index < -0.39 is 16.1 Å². The van der Waals surface area contributed by atoms with E-state index in [0.717, 1.165) is 5.56 Å². The van der Waals surface area contributed by atoms with Gasteiger partial charge in [0.05, 0.1) is 5.75 Å². The summed E-state index contributed by atoms with van der Waals surface area (Å²) < 4.78 is 26.6. The Bertz CT molecular complexity index is 616. The van der Waals surface area contributed by atoms with Crippen molar-refractivity contribution in [2.24, 2.45) is 5.73 Å². The van der Waals surface area contributed by atoms with Crippen LogP contribution in [0.5, 0.6) is 0 Å². The molecule has 1 amide bonds. The molecule has 1 unspecified atom stereocenters. The van der Waals surface area contributed by atoms with Crippen molar-refractivity contribution in [2.75, 3.05) is 13.1 Å². The summed E-state index contributed by atoms with van der Waals surface area (Å²) in [6, 6.07) is 6.61. The lowest BCUT2D eigenvalue weighted by Crippen LogP contribution is -2.57. The molecule has 1 aromatic rings. The topological polar surface area (TPSA) is 92.5 Å². The van der Waals surface area contributed by atoms with E-state index in [-0.39, 0.29) is 11.7 Å². The lowest BCUT2D eigenvalue weighted by Gasteiger charge is -2.33. The second-order valence-electron chi connectivity index (χ2n) is 5.05. The Morgan fingerprint density at radius 1 is 1.33 bits per heavy atom.